The second kappa shape index (κ2) is 10.7. The van der Waals surface area contributed by atoms with Gasteiger partial charge in [-0.25, -0.2) is 0 Å². The summed E-state index contributed by atoms with van der Waals surface area (Å²) in [4.78, 5) is 52.3. The van der Waals surface area contributed by atoms with Crippen molar-refractivity contribution < 1.29 is 29.0 Å². The smallest absolute Gasteiger partial charge is 0.305 e. The minimum Gasteiger partial charge on any atom is -0.469 e. The van der Waals surface area contributed by atoms with Crippen LogP contribution in [-0.2, 0) is 14.3 Å². The van der Waals surface area contributed by atoms with E-state index in [1.165, 1.54) is 30.6 Å². The molecule has 200 valence electrons. The molecule has 0 unspecified atom stereocenters. The largest absolute Gasteiger partial charge is 0.469 e. The average molecular weight is 555 g/mol. The van der Waals surface area contributed by atoms with Crippen molar-refractivity contribution in [1.29, 1.82) is 0 Å². The fraction of sp³-hybridized carbons (Fsp3) is 0.429. The lowest BCUT2D eigenvalue weighted by Crippen LogP contribution is -2.80. The van der Waals surface area contributed by atoms with Gasteiger partial charge >= 0.3 is 5.97 Å². The van der Waals surface area contributed by atoms with E-state index < -0.39 is 33.6 Å². The lowest BCUT2D eigenvalue weighted by Gasteiger charge is -2.52. The number of esters is 1. The van der Waals surface area contributed by atoms with Gasteiger partial charge in [0.25, 0.3) is 11.8 Å². The molecule has 0 spiro atoms. The van der Waals surface area contributed by atoms with Gasteiger partial charge in [0.2, 0.25) is 0 Å². The summed E-state index contributed by atoms with van der Waals surface area (Å²) in [5, 5.41) is 17.7. The molecule has 0 radical (unpaired) electrons. The summed E-state index contributed by atoms with van der Waals surface area (Å²) in [7, 11) is 1.34. The number of methoxy groups -OCH3 is 1. The van der Waals surface area contributed by atoms with Crippen molar-refractivity contribution in [2.75, 3.05) is 18.6 Å². The average Bonchev–Trinajstić information content (AvgIpc) is 3.42. The van der Waals surface area contributed by atoms with E-state index in [2.05, 4.69) is 10.6 Å². The maximum absolute atomic E-state index is 14.1. The van der Waals surface area contributed by atoms with Gasteiger partial charge in [0.05, 0.1) is 18.4 Å². The van der Waals surface area contributed by atoms with Crippen LogP contribution in [0.3, 0.4) is 0 Å². The molecule has 2 aromatic carbocycles. The summed E-state index contributed by atoms with van der Waals surface area (Å²) in [5.41, 5.74) is -2.45. The van der Waals surface area contributed by atoms with Crippen LogP contribution in [0, 0.1) is 5.92 Å². The van der Waals surface area contributed by atoms with Crippen LogP contribution in [0.25, 0.3) is 0 Å². The normalized spacial score (nSPS) is 31.4. The van der Waals surface area contributed by atoms with Gasteiger partial charge in [-0.2, -0.15) is 11.8 Å². The van der Waals surface area contributed by atoms with Gasteiger partial charge in [0, 0.05) is 34.3 Å². The number of aliphatic hydroxyl groups is 1. The first-order valence-corrected chi connectivity index (χ1v) is 14.7. The Morgan fingerprint density at radius 3 is 2.26 bits per heavy atom. The van der Waals surface area contributed by atoms with Gasteiger partial charge in [-0.3, -0.25) is 19.2 Å². The number of rotatable bonds is 8. The predicted octanol–water partition coefficient (Wildman–Crippen LogP) is 2.46. The fourth-order valence-corrected chi connectivity index (χ4v) is 9.72. The zero-order valence-electron chi connectivity index (χ0n) is 20.9. The number of nitrogens with one attached hydrogen (secondary N) is 2. The van der Waals surface area contributed by atoms with Crippen LogP contribution in [0.15, 0.2) is 60.7 Å². The zero-order chi connectivity index (χ0) is 26.9. The van der Waals surface area contributed by atoms with E-state index >= 15 is 0 Å². The zero-order valence-corrected chi connectivity index (χ0v) is 22.6. The summed E-state index contributed by atoms with van der Waals surface area (Å²) in [6.07, 6.45) is 1.28. The summed E-state index contributed by atoms with van der Waals surface area (Å²) in [5.74, 6) is -0.976. The second-order valence-corrected chi connectivity index (χ2v) is 12.2. The van der Waals surface area contributed by atoms with E-state index in [1.54, 1.807) is 54.6 Å². The number of ether oxygens (including phenoxy) is 1. The molecule has 2 amide bonds. The van der Waals surface area contributed by atoms with Crippen LogP contribution in [0.2, 0.25) is 0 Å². The first-order valence-electron chi connectivity index (χ1n) is 12.6. The molecule has 3 aliphatic rings. The van der Waals surface area contributed by atoms with Crippen molar-refractivity contribution >= 4 is 47.1 Å². The molecule has 5 rings (SSSR count). The van der Waals surface area contributed by atoms with Crippen LogP contribution in [-0.4, -0.2) is 75.0 Å². The Kier molecular flexibility index (Phi) is 7.57. The number of hydrogen-bond acceptors (Lipinski definition) is 8. The molecule has 1 aliphatic carbocycles. The lowest BCUT2D eigenvalue weighted by molar-refractivity contribution is -0.145. The summed E-state index contributed by atoms with van der Waals surface area (Å²) in [6.45, 7) is 0. The van der Waals surface area contributed by atoms with Crippen molar-refractivity contribution in [2.24, 2.45) is 5.92 Å². The van der Waals surface area contributed by atoms with Crippen molar-refractivity contribution in [3.05, 3.63) is 71.8 Å². The van der Waals surface area contributed by atoms with E-state index in [-0.39, 0.29) is 35.8 Å². The van der Waals surface area contributed by atoms with Crippen molar-refractivity contribution in [3.63, 3.8) is 0 Å². The lowest BCUT2D eigenvalue weighted by atomic mass is 9.61. The van der Waals surface area contributed by atoms with Gasteiger partial charge in [0.1, 0.15) is 11.1 Å². The second-order valence-electron chi connectivity index (χ2n) is 9.92. The predicted molar refractivity (Wildman–Crippen MR) is 146 cm³/mol. The van der Waals surface area contributed by atoms with Gasteiger partial charge in [-0.1, -0.05) is 36.4 Å². The third-order valence-corrected chi connectivity index (χ3v) is 11.0. The quantitative estimate of drug-likeness (QED) is 0.426. The topological polar surface area (TPSA) is 122 Å². The van der Waals surface area contributed by atoms with Gasteiger partial charge in [0.15, 0.2) is 5.78 Å². The Labute approximate surface area is 229 Å². The third-order valence-electron chi connectivity index (χ3n) is 7.88. The first-order chi connectivity index (χ1) is 18.3. The highest BCUT2D eigenvalue weighted by atomic mass is 32.2. The first kappa shape index (κ1) is 26.8. The molecule has 10 heteroatoms. The van der Waals surface area contributed by atoms with Crippen molar-refractivity contribution in [2.45, 2.75) is 46.9 Å². The van der Waals surface area contributed by atoms with E-state index in [9.17, 15) is 24.3 Å². The number of carbonyl (C=O) groups excluding carboxylic acids is 4. The van der Waals surface area contributed by atoms with Gasteiger partial charge in [-0.05, 0) is 43.0 Å². The van der Waals surface area contributed by atoms with Crippen LogP contribution < -0.4 is 10.6 Å². The minimum absolute atomic E-state index is 0.202. The molecule has 38 heavy (non-hydrogen) atoms. The van der Waals surface area contributed by atoms with Gasteiger partial charge in [-0.15, -0.1) is 11.8 Å². The molecule has 2 aliphatic heterocycles. The van der Waals surface area contributed by atoms with E-state index in [0.717, 1.165) is 0 Å². The molecule has 2 saturated heterocycles. The Bertz CT molecular complexity index is 1230. The highest BCUT2D eigenvalue weighted by Gasteiger charge is 2.75. The fourth-order valence-electron chi connectivity index (χ4n) is 5.96. The van der Waals surface area contributed by atoms with Crippen LogP contribution >= 0.6 is 23.5 Å². The van der Waals surface area contributed by atoms with Crippen molar-refractivity contribution in [1.82, 2.24) is 10.6 Å². The Morgan fingerprint density at radius 2 is 1.63 bits per heavy atom. The molecule has 2 bridgehead atoms. The minimum atomic E-state index is -1.72. The van der Waals surface area contributed by atoms with Crippen LogP contribution in [0.4, 0.5) is 0 Å². The summed E-state index contributed by atoms with van der Waals surface area (Å²) < 4.78 is 4.77. The number of amides is 2. The van der Waals surface area contributed by atoms with Crippen LogP contribution in [0.1, 0.15) is 40.0 Å². The number of ketones is 1. The highest BCUT2D eigenvalue weighted by Crippen LogP contribution is 2.59. The van der Waals surface area contributed by atoms with E-state index in [1.807, 2.05) is 6.07 Å². The molecule has 1 saturated carbocycles. The monoisotopic (exact) mass is 554 g/mol. The highest BCUT2D eigenvalue weighted by molar-refractivity contribution is 8.02. The number of thioether (sulfide) groups is 2. The molecule has 2 aromatic rings. The molecular weight excluding hydrogens is 524 g/mol. The number of fused-ring (bicyclic) bond motifs is 4. The van der Waals surface area contributed by atoms with E-state index in [0.29, 0.717) is 29.7 Å². The number of benzene rings is 2. The standard InChI is InChI=1S/C28H30N2O6S2/c1-36-21(31)14-8-13-19-22-23(32)27(16-38-22,30-26(34)18-11-6-3-7-12-18)28(35)20(15-37-24(19)28)29-25(33)17-9-4-2-5-10-17/h2-7,9-12,19-20,22,24,35H,8,13-16H2,1H3,(H,29,33)(H,30,34)/t19-,20-,22-,24-,27+,28+/m0/s1. The van der Waals surface area contributed by atoms with Crippen LogP contribution in [0.5, 0.6) is 0 Å². The molecule has 0 aromatic heterocycles. The Balaban J connectivity index is 1.49. The Hall–Kier alpha value is -2.82. The van der Waals surface area contributed by atoms with Gasteiger partial charge < -0.3 is 20.5 Å². The summed E-state index contributed by atoms with van der Waals surface area (Å²) in [6, 6.07) is 16.5. The number of Topliss-reactive ketones (excluding diaryl/α,β-unsaturated/α-hetero) is 1. The maximum atomic E-state index is 14.1. The molecule has 8 nitrogen and oxygen atoms in total. The third kappa shape index (κ3) is 4.42. The molecule has 2 heterocycles. The summed E-state index contributed by atoms with van der Waals surface area (Å²) >= 11 is 2.95. The maximum Gasteiger partial charge on any atom is 0.305 e. The SMILES string of the molecule is COC(=O)CCC[C@H]1[C@@H]2SC[C@@](NC(=O)c3ccccc3)(C2=O)[C@@]2(O)[C@@H](NC(=O)c3ccccc3)CS[C@@H]12. The Morgan fingerprint density at radius 1 is 1.00 bits per heavy atom. The van der Waals surface area contributed by atoms with E-state index in [4.69, 9.17) is 4.74 Å². The molecule has 3 N–H and O–H groups in total. The number of carbonyl (C=O) groups is 4. The molecule has 3 fully saturated rings. The molecule has 6 atom stereocenters. The number of hydrogen-bond donors (Lipinski definition) is 3. The molecular formula is C28H30N2O6S2. The van der Waals surface area contributed by atoms with Crippen molar-refractivity contribution in [3.8, 4) is 0 Å².